The van der Waals surface area contributed by atoms with Crippen molar-refractivity contribution in [3.63, 3.8) is 0 Å². The third kappa shape index (κ3) is 7.99. The summed E-state index contributed by atoms with van der Waals surface area (Å²) in [6, 6.07) is 3.01. The number of furan rings is 1. The molecule has 2 atom stereocenters. The van der Waals surface area contributed by atoms with Crippen LogP contribution in [0, 0.1) is 17.8 Å². The van der Waals surface area contributed by atoms with E-state index in [0.29, 0.717) is 12.3 Å². The first kappa shape index (κ1) is 22.7. The van der Waals surface area contributed by atoms with Crippen LogP contribution in [0.1, 0.15) is 50.6 Å². The van der Waals surface area contributed by atoms with Gasteiger partial charge in [0.25, 0.3) is 0 Å². The van der Waals surface area contributed by atoms with Gasteiger partial charge >= 0.3 is 35.5 Å². The molecule has 0 fully saturated rings. The number of aliphatic carboxylic acids is 1. The molecule has 0 spiro atoms. The Bertz CT molecular complexity index is 531. The second kappa shape index (κ2) is 11.3. The average Bonchev–Trinajstić information content (AvgIpc) is 2.98. The monoisotopic (exact) mass is 346 g/mol. The van der Waals surface area contributed by atoms with Crippen LogP contribution < -0.4 is 45.5 Å². The van der Waals surface area contributed by atoms with E-state index in [-0.39, 0.29) is 47.7 Å². The summed E-state index contributed by atoms with van der Waals surface area (Å²) in [5.74, 6) is -2.82. The number of carboxylic acids is 1. The molecule has 0 saturated heterocycles. The number of nitrogens with one attached hydrogen (secondary N) is 2. The van der Waals surface area contributed by atoms with Crippen LogP contribution in [0.5, 0.6) is 0 Å². The van der Waals surface area contributed by atoms with Gasteiger partial charge in [0.15, 0.2) is 5.76 Å². The first-order chi connectivity index (χ1) is 10.8. The normalized spacial score (nSPS) is 12.8. The molecular weight excluding hydrogens is 323 g/mol. The van der Waals surface area contributed by atoms with Crippen LogP contribution in [0.4, 0.5) is 0 Å². The van der Waals surface area contributed by atoms with E-state index in [4.69, 9.17) is 4.42 Å². The van der Waals surface area contributed by atoms with E-state index < -0.39 is 23.7 Å². The van der Waals surface area contributed by atoms with Crippen LogP contribution in [0.25, 0.3) is 0 Å². The summed E-state index contributed by atoms with van der Waals surface area (Å²) < 4.78 is 4.88. The summed E-state index contributed by atoms with van der Waals surface area (Å²) in [4.78, 5) is 34.6. The molecule has 0 saturated carbocycles. The molecule has 1 aromatic rings. The van der Waals surface area contributed by atoms with Gasteiger partial charge < -0.3 is 14.3 Å². The quantitative estimate of drug-likeness (QED) is 0.413. The Labute approximate surface area is 163 Å². The van der Waals surface area contributed by atoms with Crippen LogP contribution in [0.15, 0.2) is 22.8 Å². The van der Waals surface area contributed by atoms with Crippen LogP contribution in [0.3, 0.4) is 0 Å². The topological polar surface area (TPSA) is 111 Å². The number of carbonyl (C=O) groups is 3. The molecule has 128 valence electrons. The summed E-state index contributed by atoms with van der Waals surface area (Å²) in [5.41, 5.74) is 4.46. The van der Waals surface area contributed by atoms with E-state index in [9.17, 15) is 19.5 Å². The molecule has 0 aliphatic heterocycles. The van der Waals surface area contributed by atoms with Crippen molar-refractivity contribution in [1.29, 1.82) is 0 Å². The molecular formula is C16H23N2NaO5. The largest absolute Gasteiger partial charge is 1.00 e. The second-order valence-corrected chi connectivity index (χ2v) is 6.06. The molecule has 7 nitrogen and oxygen atoms in total. The van der Waals surface area contributed by atoms with E-state index in [1.807, 2.05) is 13.8 Å². The van der Waals surface area contributed by atoms with Crippen molar-refractivity contribution >= 4 is 17.8 Å². The predicted octanol–water partition coefficient (Wildman–Crippen LogP) is -2.13. The zero-order valence-electron chi connectivity index (χ0n) is 14.6. The third-order valence-electron chi connectivity index (χ3n) is 3.61. The van der Waals surface area contributed by atoms with E-state index in [1.54, 1.807) is 13.0 Å². The molecule has 0 bridgehead atoms. The van der Waals surface area contributed by atoms with Crippen molar-refractivity contribution in [3.8, 4) is 0 Å². The molecule has 0 radical (unpaired) electrons. The SMILES string of the molecule is CC(C)CCC(C(=O)[O-])C(C)CC(=O)NNC(=O)c1ccco1.[Na+]. The van der Waals surface area contributed by atoms with Gasteiger partial charge in [0.2, 0.25) is 5.91 Å². The fraction of sp³-hybridized carbons (Fsp3) is 0.562. The Morgan fingerprint density at radius 1 is 1.17 bits per heavy atom. The molecule has 2 amide bonds. The molecule has 2 N–H and O–H groups in total. The molecule has 24 heavy (non-hydrogen) atoms. The van der Waals surface area contributed by atoms with Gasteiger partial charge in [0.1, 0.15) is 0 Å². The van der Waals surface area contributed by atoms with E-state index in [0.717, 1.165) is 6.42 Å². The van der Waals surface area contributed by atoms with Gasteiger partial charge in [-0.05, 0) is 30.4 Å². The average molecular weight is 346 g/mol. The number of carboxylic acid groups (broad SMARTS) is 1. The number of hydrazine groups is 1. The maximum Gasteiger partial charge on any atom is 1.00 e. The number of hydrogen-bond donors (Lipinski definition) is 2. The van der Waals surface area contributed by atoms with Gasteiger partial charge in [-0.2, -0.15) is 0 Å². The fourth-order valence-corrected chi connectivity index (χ4v) is 2.23. The Morgan fingerprint density at radius 2 is 1.83 bits per heavy atom. The van der Waals surface area contributed by atoms with Gasteiger partial charge in [-0.3, -0.25) is 20.4 Å². The van der Waals surface area contributed by atoms with Gasteiger partial charge in [-0.15, -0.1) is 0 Å². The van der Waals surface area contributed by atoms with E-state index in [1.165, 1.54) is 12.3 Å². The molecule has 2 unspecified atom stereocenters. The molecule has 0 aromatic carbocycles. The molecule has 1 aromatic heterocycles. The third-order valence-corrected chi connectivity index (χ3v) is 3.61. The Morgan fingerprint density at radius 3 is 2.33 bits per heavy atom. The summed E-state index contributed by atoms with van der Waals surface area (Å²) in [6.45, 7) is 5.70. The molecule has 0 aliphatic rings. The maximum absolute atomic E-state index is 11.8. The summed E-state index contributed by atoms with van der Waals surface area (Å²) in [5, 5.41) is 11.2. The maximum atomic E-state index is 11.8. The summed E-state index contributed by atoms with van der Waals surface area (Å²) in [6.07, 6.45) is 2.54. The van der Waals surface area contributed by atoms with Gasteiger partial charge in [-0.25, -0.2) is 0 Å². The number of amides is 2. The van der Waals surface area contributed by atoms with Gasteiger partial charge in [-0.1, -0.05) is 27.2 Å². The Balaban J connectivity index is 0.00000529. The van der Waals surface area contributed by atoms with Crippen molar-refractivity contribution in [3.05, 3.63) is 24.2 Å². The molecule has 8 heteroatoms. The van der Waals surface area contributed by atoms with Crippen molar-refractivity contribution < 1.29 is 53.5 Å². The molecule has 1 heterocycles. The van der Waals surface area contributed by atoms with Crippen LogP contribution >= 0.6 is 0 Å². The molecule has 0 aliphatic carbocycles. The predicted molar refractivity (Wildman–Crippen MR) is 80.7 cm³/mol. The number of carbonyl (C=O) groups excluding carboxylic acids is 3. The van der Waals surface area contributed by atoms with Crippen LogP contribution in [0.2, 0.25) is 0 Å². The first-order valence-corrected chi connectivity index (χ1v) is 7.64. The fourth-order valence-electron chi connectivity index (χ4n) is 2.23. The zero-order chi connectivity index (χ0) is 17.4. The van der Waals surface area contributed by atoms with Crippen molar-refractivity contribution in [2.24, 2.45) is 17.8 Å². The van der Waals surface area contributed by atoms with Crippen molar-refractivity contribution in [2.75, 3.05) is 0 Å². The number of rotatable bonds is 8. The minimum Gasteiger partial charge on any atom is -0.550 e. The Hall–Kier alpha value is -1.31. The smallest absolute Gasteiger partial charge is 0.550 e. The van der Waals surface area contributed by atoms with Gasteiger partial charge in [0, 0.05) is 18.3 Å². The Kier molecular flexibility index (Phi) is 10.7. The van der Waals surface area contributed by atoms with Crippen molar-refractivity contribution in [1.82, 2.24) is 10.9 Å². The first-order valence-electron chi connectivity index (χ1n) is 7.64. The minimum atomic E-state index is -1.15. The minimum absolute atomic E-state index is 0. The molecule has 1 rings (SSSR count). The van der Waals surface area contributed by atoms with Crippen molar-refractivity contribution in [2.45, 2.75) is 40.0 Å². The van der Waals surface area contributed by atoms with Gasteiger partial charge in [0.05, 0.1) is 6.26 Å². The summed E-state index contributed by atoms with van der Waals surface area (Å²) in [7, 11) is 0. The standard InChI is InChI=1S/C16H24N2O5.Na/c1-10(2)6-7-12(16(21)22)11(3)9-14(19)17-18-15(20)13-5-4-8-23-13;/h4-5,8,10-12H,6-7,9H2,1-3H3,(H,17,19)(H,18,20)(H,21,22);/q;+1/p-1. The van der Waals surface area contributed by atoms with Crippen LogP contribution in [-0.4, -0.2) is 17.8 Å². The van der Waals surface area contributed by atoms with E-state index in [2.05, 4.69) is 10.9 Å². The zero-order valence-corrected chi connectivity index (χ0v) is 16.6. The van der Waals surface area contributed by atoms with E-state index >= 15 is 0 Å². The van der Waals surface area contributed by atoms with Crippen LogP contribution in [-0.2, 0) is 9.59 Å². The summed E-state index contributed by atoms with van der Waals surface area (Å²) >= 11 is 0. The second-order valence-electron chi connectivity index (χ2n) is 6.06. The number of hydrogen-bond acceptors (Lipinski definition) is 5.